The molecule has 0 bridgehead atoms. The number of hydrogen-bond donors (Lipinski definition) is 1. The first kappa shape index (κ1) is 27.8. The number of carbonyl (C=O) groups is 1. The summed E-state index contributed by atoms with van der Waals surface area (Å²) in [6.07, 6.45) is 4.14. The van der Waals surface area contributed by atoms with Crippen molar-refractivity contribution in [3.63, 3.8) is 0 Å². The molecule has 2 aromatic carbocycles. The fourth-order valence-electron chi connectivity index (χ4n) is 4.74. The molecule has 0 fully saturated rings. The van der Waals surface area contributed by atoms with Crippen LogP contribution in [0.1, 0.15) is 10.4 Å². The minimum absolute atomic E-state index is 0.176. The molecule has 6 rings (SSSR count). The molecule has 0 unspecified atom stereocenters. The Bertz CT molecular complexity index is 2110. The molecule has 0 atom stereocenters. The molecule has 13 heteroatoms. The molecule has 0 saturated heterocycles. The van der Waals surface area contributed by atoms with Crippen LogP contribution in [-0.2, 0) is 10.0 Å². The van der Waals surface area contributed by atoms with Crippen LogP contribution >= 0.6 is 0 Å². The third kappa shape index (κ3) is 4.93. The van der Waals surface area contributed by atoms with Gasteiger partial charge in [0, 0.05) is 48.9 Å². The lowest BCUT2D eigenvalue weighted by molar-refractivity contribution is 0.0964. The zero-order chi connectivity index (χ0) is 30.5. The van der Waals surface area contributed by atoms with Gasteiger partial charge in [0.25, 0.3) is 5.91 Å². The fraction of sp³-hybridized carbons (Fsp3) is 0.133. The number of anilines is 1. The molecule has 0 radical (unpaired) electrons. The number of pyridine rings is 1. The van der Waals surface area contributed by atoms with Gasteiger partial charge in [-0.25, -0.2) is 22.8 Å². The van der Waals surface area contributed by atoms with E-state index in [1.165, 1.54) is 57.7 Å². The third-order valence-electron chi connectivity index (χ3n) is 6.93. The third-order valence-corrected chi connectivity index (χ3v) is 8.12. The molecule has 0 aliphatic carbocycles. The Labute approximate surface area is 245 Å². The van der Waals surface area contributed by atoms with E-state index in [9.17, 15) is 17.6 Å². The number of benzene rings is 2. The van der Waals surface area contributed by atoms with Gasteiger partial charge < -0.3 is 18.9 Å². The topological polar surface area (TPSA) is 141 Å². The van der Waals surface area contributed by atoms with Gasteiger partial charge in [-0.05, 0) is 42.5 Å². The van der Waals surface area contributed by atoms with Crippen molar-refractivity contribution in [2.24, 2.45) is 0 Å². The number of fused-ring (bicyclic) bond motifs is 2. The van der Waals surface area contributed by atoms with Crippen LogP contribution in [0.25, 0.3) is 56.1 Å². The Kier molecular flexibility index (Phi) is 6.81. The maximum Gasteiger partial charge on any atom is 0.255 e. The summed E-state index contributed by atoms with van der Waals surface area (Å²) in [6, 6.07) is 13.8. The van der Waals surface area contributed by atoms with Crippen LogP contribution in [0.2, 0.25) is 0 Å². The van der Waals surface area contributed by atoms with Crippen LogP contribution in [0.15, 0.2) is 75.8 Å². The lowest BCUT2D eigenvalue weighted by Gasteiger charge is -2.20. The van der Waals surface area contributed by atoms with Gasteiger partial charge in [-0.1, -0.05) is 0 Å². The van der Waals surface area contributed by atoms with E-state index in [4.69, 9.17) is 18.6 Å². The molecule has 11 nitrogen and oxygen atoms in total. The second-order valence-corrected chi connectivity index (χ2v) is 11.6. The first-order valence-corrected chi connectivity index (χ1v) is 14.7. The molecule has 1 amide bonds. The number of furan rings is 2. The highest BCUT2D eigenvalue weighted by Crippen LogP contribution is 2.42. The van der Waals surface area contributed by atoms with Gasteiger partial charge in [-0.2, -0.15) is 0 Å². The second kappa shape index (κ2) is 10.5. The number of aromatic nitrogens is 3. The molecule has 0 spiro atoms. The monoisotopic (exact) mass is 601 g/mol. The van der Waals surface area contributed by atoms with Crippen LogP contribution in [0.3, 0.4) is 0 Å². The number of rotatable bonds is 7. The normalized spacial score (nSPS) is 11.7. The van der Waals surface area contributed by atoms with E-state index < -0.39 is 21.7 Å². The van der Waals surface area contributed by atoms with E-state index in [2.05, 4.69) is 15.3 Å². The molecular formula is C30H24FN5O6S. The zero-order valence-electron chi connectivity index (χ0n) is 23.4. The second-order valence-electron chi connectivity index (χ2n) is 9.60. The quantitative estimate of drug-likeness (QED) is 0.259. The van der Waals surface area contributed by atoms with Crippen molar-refractivity contribution in [1.82, 2.24) is 20.3 Å². The summed E-state index contributed by atoms with van der Waals surface area (Å²) in [5.74, 6) is -0.197. The number of hydrogen-bond acceptors (Lipinski definition) is 9. The van der Waals surface area contributed by atoms with Gasteiger partial charge >= 0.3 is 0 Å². The average molecular weight is 602 g/mol. The molecule has 1 N–H and O–H groups in total. The number of nitrogens with zero attached hydrogens (tertiary/aromatic N) is 4. The van der Waals surface area contributed by atoms with Crippen molar-refractivity contribution in [2.75, 3.05) is 31.8 Å². The van der Waals surface area contributed by atoms with Crippen molar-refractivity contribution in [3.05, 3.63) is 78.4 Å². The number of sulfonamides is 1. The average Bonchev–Trinajstić information content (AvgIpc) is 3.61. The molecule has 0 aliphatic heterocycles. The Balaban J connectivity index is 1.64. The van der Waals surface area contributed by atoms with Crippen molar-refractivity contribution in [2.45, 2.75) is 0 Å². The summed E-state index contributed by atoms with van der Waals surface area (Å²) in [5.41, 5.74) is 3.10. The van der Waals surface area contributed by atoms with Crippen LogP contribution in [0.4, 0.5) is 10.1 Å². The highest BCUT2D eigenvalue weighted by atomic mass is 32.2. The minimum Gasteiger partial charge on any atom is -0.479 e. The molecule has 218 valence electrons. The fourth-order valence-corrected chi connectivity index (χ4v) is 5.24. The van der Waals surface area contributed by atoms with Crippen molar-refractivity contribution < 1.29 is 31.2 Å². The van der Waals surface area contributed by atoms with Gasteiger partial charge in [0.15, 0.2) is 17.0 Å². The van der Waals surface area contributed by atoms with Crippen molar-refractivity contribution in [1.29, 1.82) is 0 Å². The number of halogens is 1. The maximum absolute atomic E-state index is 13.7. The molecular weight excluding hydrogens is 577 g/mol. The SMILES string of the molecule is CNC(=O)c1c(-c2ccc(F)cc2)oc2cc(N(C)S(C)(=O)=O)c(-c3cnc(OC)c(-c4cc5ncccc5o4)n3)cc12. The van der Waals surface area contributed by atoms with Crippen molar-refractivity contribution >= 4 is 43.7 Å². The van der Waals surface area contributed by atoms with Crippen molar-refractivity contribution in [3.8, 4) is 39.9 Å². The zero-order valence-corrected chi connectivity index (χ0v) is 24.2. The van der Waals surface area contributed by atoms with E-state index in [0.29, 0.717) is 33.4 Å². The summed E-state index contributed by atoms with van der Waals surface area (Å²) in [4.78, 5) is 26.7. The van der Waals surface area contributed by atoms with Crippen LogP contribution in [0, 0.1) is 5.82 Å². The Morgan fingerprint density at radius 2 is 1.81 bits per heavy atom. The number of methoxy groups -OCH3 is 1. The van der Waals surface area contributed by atoms with E-state index in [1.54, 1.807) is 30.5 Å². The molecule has 4 aromatic heterocycles. The van der Waals surface area contributed by atoms with Gasteiger partial charge in [-0.3, -0.25) is 14.1 Å². The summed E-state index contributed by atoms with van der Waals surface area (Å²) in [6.45, 7) is 0. The minimum atomic E-state index is -3.76. The standard InChI is InChI=1S/C30H24FN5O6S/c1-32-29(37)26-19-12-18(21-15-34-30(40-3)27(35-21)25-13-20-23(41-25)6-5-11-33-20)22(36(2)43(4,38)39)14-24(19)42-28(26)16-7-9-17(31)10-8-16/h5-15H,1-4H3,(H,32,37). The molecule has 43 heavy (non-hydrogen) atoms. The largest absolute Gasteiger partial charge is 0.479 e. The van der Waals surface area contributed by atoms with Crippen LogP contribution < -0.4 is 14.4 Å². The number of nitrogens with one attached hydrogen (secondary N) is 1. The van der Waals surface area contributed by atoms with E-state index >= 15 is 0 Å². The van der Waals surface area contributed by atoms with E-state index in [1.807, 2.05) is 0 Å². The highest BCUT2D eigenvalue weighted by Gasteiger charge is 2.27. The predicted molar refractivity (Wildman–Crippen MR) is 159 cm³/mol. The lowest BCUT2D eigenvalue weighted by Crippen LogP contribution is -2.25. The number of amides is 1. The molecule has 4 heterocycles. The highest BCUT2D eigenvalue weighted by molar-refractivity contribution is 7.92. The van der Waals surface area contributed by atoms with E-state index in [0.717, 1.165) is 10.6 Å². The first-order chi connectivity index (χ1) is 20.6. The summed E-state index contributed by atoms with van der Waals surface area (Å²) < 4.78 is 57.8. The Morgan fingerprint density at radius 1 is 1.05 bits per heavy atom. The predicted octanol–water partition coefficient (Wildman–Crippen LogP) is 5.27. The van der Waals surface area contributed by atoms with Crippen LogP contribution in [0.5, 0.6) is 5.88 Å². The lowest BCUT2D eigenvalue weighted by atomic mass is 10.0. The first-order valence-electron chi connectivity index (χ1n) is 12.9. The Morgan fingerprint density at radius 3 is 2.49 bits per heavy atom. The maximum atomic E-state index is 13.7. The van der Waals surface area contributed by atoms with Gasteiger partial charge in [0.1, 0.15) is 22.7 Å². The molecule has 6 aromatic rings. The number of ether oxygens (including phenoxy) is 1. The van der Waals surface area contributed by atoms with E-state index in [-0.39, 0.29) is 39.9 Å². The summed E-state index contributed by atoms with van der Waals surface area (Å²) in [5, 5.41) is 3.00. The molecule has 0 saturated carbocycles. The van der Waals surface area contributed by atoms with Crippen LogP contribution in [-0.4, -0.2) is 56.7 Å². The van der Waals surface area contributed by atoms with Gasteiger partial charge in [0.05, 0.1) is 36.5 Å². The van der Waals surface area contributed by atoms with Gasteiger partial charge in [0.2, 0.25) is 15.9 Å². The number of carbonyl (C=O) groups excluding carboxylic acids is 1. The Hall–Kier alpha value is -5.30. The van der Waals surface area contributed by atoms with Gasteiger partial charge in [-0.15, -0.1) is 0 Å². The summed E-state index contributed by atoms with van der Waals surface area (Å²) in [7, 11) is 0.561. The smallest absolute Gasteiger partial charge is 0.255 e. The summed E-state index contributed by atoms with van der Waals surface area (Å²) >= 11 is 0. The molecule has 0 aliphatic rings.